The minimum absolute atomic E-state index is 0.140. The molecule has 0 aliphatic heterocycles. The Morgan fingerprint density at radius 3 is 1.73 bits per heavy atom. The van der Waals surface area contributed by atoms with E-state index in [1.807, 2.05) is 69.3 Å². The predicted octanol–water partition coefficient (Wildman–Crippen LogP) is 6.32. The molecule has 0 radical (unpaired) electrons. The van der Waals surface area contributed by atoms with E-state index in [0.717, 1.165) is 21.5 Å². The van der Waals surface area contributed by atoms with E-state index in [4.69, 9.17) is 18.6 Å². The minimum atomic E-state index is -2.91. The lowest BCUT2D eigenvalue weighted by Crippen LogP contribution is -2.66. The van der Waals surface area contributed by atoms with Crippen molar-refractivity contribution in [1.29, 1.82) is 0 Å². The number of hydrogen-bond acceptors (Lipinski definition) is 6. The summed E-state index contributed by atoms with van der Waals surface area (Å²) in [5.41, 5.74) is 1.20. The van der Waals surface area contributed by atoms with Crippen LogP contribution >= 0.6 is 0 Å². The molecule has 4 rings (SSSR count). The normalized spacial score (nSPS) is 17.5. The molecule has 0 N–H and O–H groups in total. The molecule has 2 atom stereocenters. The maximum Gasteiger partial charge on any atom is 0.337 e. The first-order valence-electron chi connectivity index (χ1n) is 15.0. The molecular formula is C37H44O6Si. The second-order valence-corrected chi connectivity index (χ2v) is 17.0. The number of ether oxygens (including phenoxy) is 3. The van der Waals surface area contributed by atoms with Crippen molar-refractivity contribution in [3.63, 3.8) is 0 Å². The molecule has 0 spiro atoms. The number of methoxy groups -OCH3 is 2. The highest BCUT2D eigenvalue weighted by Crippen LogP contribution is 2.45. The molecule has 0 bridgehead atoms. The van der Waals surface area contributed by atoms with Crippen LogP contribution < -0.4 is 10.4 Å². The zero-order valence-corrected chi connectivity index (χ0v) is 28.0. The van der Waals surface area contributed by atoms with Gasteiger partial charge in [-0.3, -0.25) is 0 Å². The highest BCUT2D eigenvalue weighted by atomic mass is 28.4. The highest BCUT2D eigenvalue weighted by molar-refractivity contribution is 6.99. The van der Waals surface area contributed by atoms with Crippen molar-refractivity contribution in [2.45, 2.75) is 58.8 Å². The molecule has 0 fully saturated rings. The van der Waals surface area contributed by atoms with Gasteiger partial charge < -0.3 is 18.6 Å². The molecule has 0 saturated heterocycles. The third-order valence-corrected chi connectivity index (χ3v) is 13.6. The quantitative estimate of drug-likeness (QED) is 0.152. The van der Waals surface area contributed by atoms with Crippen molar-refractivity contribution in [3.8, 4) is 0 Å². The molecule has 3 aromatic carbocycles. The lowest BCUT2D eigenvalue weighted by Gasteiger charge is -2.45. The van der Waals surface area contributed by atoms with Gasteiger partial charge in [-0.1, -0.05) is 126 Å². The Kier molecular flexibility index (Phi) is 10.1. The van der Waals surface area contributed by atoms with Crippen LogP contribution in [-0.2, 0) is 28.2 Å². The van der Waals surface area contributed by atoms with Crippen molar-refractivity contribution >= 4 is 30.6 Å². The first-order valence-corrected chi connectivity index (χ1v) is 16.9. The van der Waals surface area contributed by atoms with Crippen LogP contribution in [0.1, 0.15) is 53.2 Å². The SMILES string of the molecule is COC(=O)C1=C(C(=O)OC)C(C)(C)C(CO[Si](c2ccccc2)(c2ccccc2)C(C)(C)C)=C[C@@H]1O[C@@H](C)c1ccccc1. The maximum atomic E-state index is 13.5. The van der Waals surface area contributed by atoms with E-state index in [0.29, 0.717) is 0 Å². The molecule has 1 aliphatic carbocycles. The molecule has 232 valence electrons. The Hall–Kier alpha value is -3.78. The smallest absolute Gasteiger partial charge is 0.337 e. The van der Waals surface area contributed by atoms with Crippen molar-refractivity contribution in [2.75, 3.05) is 20.8 Å². The van der Waals surface area contributed by atoms with Crippen LogP contribution in [0.25, 0.3) is 0 Å². The van der Waals surface area contributed by atoms with Crippen LogP contribution in [0.15, 0.2) is 114 Å². The van der Waals surface area contributed by atoms with E-state index in [-0.39, 0.29) is 28.9 Å². The van der Waals surface area contributed by atoms with Gasteiger partial charge in [0, 0.05) is 5.41 Å². The van der Waals surface area contributed by atoms with E-state index < -0.39 is 31.8 Å². The summed E-state index contributed by atoms with van der Waals surface area (Å²) in [4.78, 5) is 26.8. The maximum absolute atomic E-state index is 13.5. The van der Waals surface area contributed by atoms with Gasteiger partial charge in [0.1, 0.15) is 6.10 Å². The zero-order chi connectivity index (χ0) is 32.1. The average Bonchev–Trinajstić information content (AvgIpc) is 3.02. The summed E-state index contributed by atoms with van der Waals surface area (Å²) in [6.45, 7) is 12.6. The summed E-state index contributed by atoms with van der Waals surface area (Å²) in [7, 11) is -0.286. The topological polar surface area (TPSA) is 71.1 Å². The van der Waals surface area contributed by atoms with E-state index in [1.54, 1.807) is 0 Å². The Labute approximate surface area is 262 Å². The molecule has 0 unspecified atom stereocenters. The number of esters is 2. The Morgan fingerprint density at radius 2 is 1.27 bits per heavy atom. The van der Waals surface area contributed by atoms with Gasteiger partial charge in [0.2, 0.25) is 0 Å². The van der Waals surface area contributed by atoms with Gasteiger partial charge in [-0.2, -0.15) is 0 Å². The second-order valence-electron chi connectivity index (χ2n) is 12.7. The largest absolute Gasteiger partial charge is 0.466 e. The first-order chi connectivity index (χ1) is 20.9. The van der Waals surface area contributed by atoms with Crippen molar-refractivity contribution in [2.24, 2.45) is 5.41 Å². The lowest BCUT2D eigenvalue weighted by atomic mass is 9.70. The van der Waals surface area contributed by atoms with E-state index in [1.165, 1.54) is 14.2 Å². The molecular weight excluding hydrogens is 568 g/mol. The molecule has 7 heteroatoms. The van der Waals surface area contributed by atoms with E-state index >= 15 is 0 Å². The molecule has 1 aliphatic rings. The third kappa shape index (κ3) is 6.36. The minimum Gasteiger partial charge on any atom is -0.466 e. The fraction of sp³-hybridized carbons (Fsp3) is 0.351. The summed E-state index contributed by atoms with van der Waals surface area (Å²) in [5, 5.41) is 2.06. The molecule has 0 aromatic heterocycles. The average molecular weight is 613 g/mol. The highest BCUT2D eigenvalue weighted by Gasteiger charge is 2.52. The van der Waals surface area contributed by atoms with Crippen LogP contribution in [0.4, 0.5) is 0 Å². The van der Waals surface area contributed by atoms with Crippen LogP contribution in [-0.4, -0.2) is 47.2 Å². The fourth-order valence-electron chi connectivity index (χ4n) is 6.22. The van der Waals surface area contributed by atoms with Gasteiger partial charge in [-0.05, 0) is 39.5 Å². The summed E-state index contributed by atoms with van der Waals surface area (Å²) in [6.07, 6.45) is 0.684. The van der Waals surface area contributed by atoms with Crippen LogP contribution in [0.5, 0.6) is 0 Å². The lowest BCUT2D eigenvalue weighted by molar-refractivity contribution is -0.141. The standard InChI is InChI=1S/C37H44O6Si/c1-26(27-18-12-9-13-19-27)43-31-24-28(37(5,6)33(35(39)41-8)32(31)34(38)40-7)25-42-44(36(2,3)4,29-20-14-10-15-21-29)30-22-16-11-17-23-30/h9-24,26,31H,25H2,1-8H3/t26-,31-/m0/s1. The number of hydrogen-bond donors (Lipinski definition) is 0. The predicted molar refractivity (Wildman–Crippen MR) is 176 cm³/mol. The molecule has 0 amide bonds. The molecule has 0 heterocycles. The molecule has 6 nitrogen and oxygen atoms in total. The summed E-state index contributed by atoms with van der Waals surface area (Å²) < 4.78 is 24.3. The molecule has 0 saturated carbocycles. The number of carbonyl (C=O) groups is 2. The number of benzene rings is 3. The van der Waals surface area contributed by atoms with Crippen molar-refractivity contribution < 1.29 is 28.2 Å². The van der Waals surface area contributed by atoms with Gasteiger partial charge in [-0.15, -0.1) is 0 Å². The second kappa shape index (κ2) is 13.5. The molecule has 3 aromatic rings. The first kappa shape index (κ1) is 33.1. The Bertz CT molecular complexity index is 1460. The molecule has 44 heavy (non-hydrogen) atoms. The summed E-state index contributed by atoms with van der Waals surface area (Å²) >= 11 is 0. The van der Waals surface area contributed by atoms with Gasteiger partial charge in [-0.25, -0.2) is 9.59 Å². The van der Waals surface area contributed by atoms with Gasteiger partial charge in [0.05, 0.1) is 38.1 Å². The van der Waals surface area contributed by atoms with Crippen molar-refractivity contribution in [1.82, 2.24) is 0 Å². The van der Waals surface area contributed by atoms with Crippen LogP contribution in [0, 0.1) is 5.41 Å². The van der Waals surface area contributed by atoms with E-state index in [2.05, 4.69) is 69.3 Å². The Morgan fingerprint density at radius 1 is 0.795 bits per heavy atom. The fourth-order valence-corrected chi connectivity index (χ4v) is 10.7. The zero-order valence-electron chi connectivity index (χ0n) is 27.0. The van der Waals surface area contributed by atoms with Gasteiger partial charge in [0.25, 0.3) is 8.32 Å². The number of carbonyl (C=O) groups excluding carboxylic acids is 2. The van der Waals surface area contributed by atoms with Gasteiger partial charge >= 0.3 is 11.9 Å². The van der Waals surface area contributed by atoms with Crippen LogP contribution in [0.2, 0.25) is 5.04 Å². The summed E-state index contributed by atoms with van der Waals surface area (Å²) in [5.74, 6) is -1.24. The van der Waals surface area contributed by atoms with Gasteiger partial charge in [0.15, 0.2) is 0 Å². The van der Waals surface area contributed by atoms with E-state index in [9.17, 15) is 9.59 Å². The monoisotopic (exact) mass is 612 g/mol. The number of rotatable bonds is 10. The van der Waals surface area contributed by atoms with Crippen molar-refractivity contribution in [3.05, 3.63) is 119 Å². The van der Waals surface area contributed by atoms with Crippen LogP contribution in [0.3, 0.4) is 0 Å². The Balaban J connectivity index is 1.87. The summed E-state index contributed by atoms with van der Waals surface area (Å²) in [6, 6.07) is 30.6. The third-order valence-electron chi connectivity index (χ3n) is 8.61.